The maximum atomic E-state index is 6.55. The molecule has 1 aromatic heterocycles. The first-order chi connectivity index (χ1) is 8.62. The van der Waals surface area contributed by atoms with Gasteiger partial charge in [0.2, 0.25) is 0 Å². The lowest BCUT2D eigenvalue weighted by Crippen LogP contribution is -2.47. The highest BCUT2D eigenvalue weighted by atomic mass is 28.4. The lowest BCUT2D eigenvalue weighted by molar-refractivity contribution is 0.0706. The molecule has 1 aromatic rings. The molecule has 0 aliphatic rings. The Balaban J connectivity index is 3.13. The minimum Gasteiger partial charge on any atom is -0.405 e. The molecule has 0 radical (unpaired) electrons. The van der Waals surface area contributed by atoms with Gasteiger partial charge in [0.25, 0.3) is 0 Å². The largest absolute Gasteiger partial charge is 0.405 e. The quantitative estimate of drug-likeness (QED) is 0.602. The van der Waals surface area contributed by atoms with Gasteiger partial charge >= 0.3 is 0 Å². The van der Waals surface area contributed by atoms with E-state index in [0.29, 0.717) is 6.42 Å². The summed E-state index contributed by atoms with van der Waals surface area (Å²) < 4.78 is 6.55. The first-order valence-corrected chi connectivity index (χ1v) is 9.58. The van der Waals surface area contributed by atoms with Crippen LogP contribution in [0.5, 0.6) is 0 Å². The van der Waals surface area contributed by atoms with Crippen LogP contribution < -0.4 is 0 Å². The zero-order chi connectivity index (χ0) is 14.7. The fourth-order valence-electron chi connectivity index (χ4n) is 1.77. The molecule has 1 atom stereocenters. The van der Waals surface area contributed by atoms with Crippen molar-refractivity contribution in [1.82, 2.24) is 4.98 Å². The van der Waals surface area contributed by atoms with Crippen LogP contribution in [-0.4, -0.2) is 13.3 Å². The third-order valence-corrected chi connectivity index (χ3v) is 8.51. The van der Waals surface area contributed by atoms with Crippen LogP contribution in [0, 0.1) is 12.3 Å². The van der Waals surface area contributed by atoms with Crippen molar-refractivity contribution in [2.45, 2.75) is 57.8 Å². The molecule has 0 fully saturated rings. The lowest BCUT2D eigenvalue weighted by atomic mass is 9.98. The maximum Gasteiger partial charge on any atom is 0.193 e. The minimum absolute atomic E-state index is 0.150. The fourth-order valence-corrected chi connectivity index (χ4v) is 3.37. The summed E-state index contributed by atoms with van der Waals surface area (Å²) >= 11 is 0. The van der Waals surface area contributed by atoms with Crippen LogP contribution in [0.4, 0.5) is 0 Å². The van der Waals surface area contributed by atoms with Crippen LogP contribution in [0.25, 0.3) is 0 Å². The van der Waals surface area contributed by atoms with E-state index in [4.69, 9.17) is 10.8 Å². The zero-order valence-corrected chi connectivity index (χ0v) is 13.9. The number of rotatable bonds is 4. The van der Waals surface area contributed by atoms with Gasteiger partial charge in [-0.2, -0.15) is 0 Å². The molecule has 0 saturated heterocycles. The molecule has 0 aliphatic heterocycles. The molecule has 0 amide bonds. The van der Waals surface area contributed by atoms with Crippen LogP contribution in [0.15, 0.2) is 24.4 Å². The summed E-state index contributed by atoms with van der Waals surface area (Å²) in [6.07, 6.45) is 7.87. The van der Waals surface area contributed by atoms with Gasteiger partial charge in [-0.1, -0.05) is 26.8 Å². The van der Waals surface area contributed by atoms with E-state index in [1.807, 2.05) is 18.2 Å². The molecule has 1 heterocycles. The molecule has 0 N–H and O–H groups in total. The Bertz CT molecular complexity index is 456. The molecule has 104 valence electrons. The van der Waals surface area contributed by atoms with E-state index in [2.05, 4.69) is 51.7 Å². The van der Waals surface area contributed by atoms with Crippen LogP contribution in [0.1, 0.15) is 39.8 Å². The Labute approximate surface area is 118 Å². The molecule has 19 heavy (non-hydrogen) atoms. The molecule has 0 bridgehead atoms. The standard InChI is InChI=1S/C16H25NOSi/c1-8-12-16(5,14-11-9-10-13-17-14)18-19(6,7)15(2,3)4/h1,9-11,13H,12H2,2-7H3. The summed E-state index contributed by atoms with van der Waals surface area (Å²) in [4.78, 5) is 4.44. The molecule has 1 rings (SSSR count). The van der Waals surface area contributed by atoms with Crippen molar-refractivity contribution in [2.75, 3.05) is 0 Å². The van der Waals surface area contributed by atoms with Gasteiger partial charge in [-0.15, -0.1) is 12.3 Å². The van der Waals surface area contributed by atoms with Gasteiger partial charge in [0.15, 0.2) is 8.32 Å². The Kier molecular flexibility index (Phi) is 4.60. The smallest absolute Gasteiger partial charge is 0.193 e. The van der Waals surface area contributed by atoms with Gasteiger partial charge in [0.05, 0.1) is 5.69 Å². The second-order valence-corrected chi connectivity index (χ2v) is 11.4. The maximum absolute atomic E-state index is 6.55. The van der Waals surface area contributed by atoms with Gasteiger partial charge in [-0.05, 0) is 37.2 Å². The Morgan fingerprint density at radius 1 is 1.26 bits per heavy atom. The van der Waals surface area contributed by atoms with Gasteiger partial charge in [0.1, 0.15) is 5.60 Å². The molecule has 2 nitrogen and oxygen atoms in total. The number of aromatic nitrogens is 1. The number of nitrogens with zero attached hydrogens (tertiary/aromatic N) is 1. The Morgan fingerprint density at radius 2 is 1.89 bits per heavy atom. The van der Waals surface area contributed by atoms with Crippen molar-refractivity contribution in [3.8, 4) is 12.3 Å². The van der Waals surface area contributed by atoms with E-state index >= 15 is 0 Å². The van der Waals surface area contributed by atoms with E-state index in [1.165, 1.54) is 0 Å². The molecule has 1 unspecified atom stereocenters. The monoisotopic (exact) mass is 275 g/mol. The number of pyridine rings is 1. The predicted molar refractivity (Wildman–Crippen MR) is 83.3 cm³/mol. The normalized spacial score (nSPS) is 15.6. The number of hydrogen-bond donors (Lipinski definition) is 0. The van der Waals surface area contributed by atoms with E-state index in [1.54, 1.807) is 6.20 Å². The number of terminal acetylenes is 1. The molecular formula is C16H25NOSi. The summed E-state index contributed by atoms with van der Waals surface area (Å²) in [5, 5.41) is 0.150. The Hall–Kier alpha value is -1.11. The summed E-state index contributed by atoms with van der Waals surface area (Å²) in [5.74, 6) is 2.74. The average molecular weight is 275 g/mol. The minimum atomic E-state index is -1.90. The molecule has 3 heteroatoms. The van der Waals surface area contributed by atoms with E-state index in [-0.39, 0.29) is 5.04 Å². The highest BCUT2D eigenvalue weighted by Gasteiger charge is 2.43. The van der Waals surface area contributed by atoms with E-state index in [9.17, 15) is 0 Å². The second-order valence-electron chi connectivity index (χ2n) is 6.69. The van der Waals surface area contributed by atoms with Crippen LogP contribution in [0.3, 0.4) is 0 Å². The van der Waals surface area contributed by atoms with Crippen molar-refractivity contribution in [3.05, 3.63) is 30.1 Å². The van der Waals surface area contributed by atoms with Gasteiger partial charge in [-0.25, -0.2) is 0 Å². The molecule has 0 spiro atoms. The molecule has 0 saturated carbocycles. The van der Waals surface area contributed by atoms with E-state index < -0.39 is 13.9 Å². The van der Waals surface area contributed by atoms with Crippen LogP contribution in [-0.2, 0) is 10.0 Å². The fraction of sp³-hybridized carbons (Fsp3) is 0.562. The van der Waals surface area contributed by atoms with Crippen molar-refractivity contribution >= 4 is 8.32 Å². The highest BCUT2D eigenvalue weighted by Crippen LogP contribution is 2.42. The Morgan fingerprint density at radius 3 is 2.32 bits per heavy atom. The first-order valence-electron chi connectivity index (χ1n) is 6.67. The third-order valence-electron chi connectivity index (χ3n) is 3.93. The predicted octanol–water partition coefficient (Wildman–Crippen LogP) is 4.34. The summed E-state index contributed by atoms with van der Waals surface area (Å²) in [7, 11) is -1.90. The highest BCUT2D eigenvalue weighted by molar-refractivity contribution is 6.74. The topological polar surface area (TPSA) is 22.1 Å². The van der Waals surface area contributed by atoms with E-state index in [0.717, 1.165) is 5.69 Å². The van der Waals surface area contributed by atoms with Gasteiger partial charge in [0, 0.05) is 12.6 Å². The summed E-state index contributed by atoms with van der Waals surface area (Å²) in [6.45, 7) is 13.2. The van der Waals surface area contributed by atoms with Crippen molar-refractivity contribution in [3.63, 3.8) is 0 Å². The van der Waals surface area contributed by atoms with Gasteiger partial charge < -0.3 is 4.43 Å². The van der Waals surface area contributed by atoms with Crippen molar-refractivity contribution < 1.29 is 4.43 Å². The van der Waals surface area contributed by atoms with Crippen LogP contribution in [0.2, 0.25) is 18.1 Å². The van der Waals surface area contributed by atoms with Crippen LogP contribution >= 0.6 is 0 Å². The summed E-state index contributed by atoms with van der Waals surface area (Å²) in [6, 6.07) is 5.88. The van der Waals surface area contributed by atoms with Crippen molar-refractivity contribution in [2.24, 2.45) is 0 Å². The molecular weight excluding hydrogens is 250 g/mol. The summed E-state index contributed by atoms with van der Waals surface area (Å²) in [5.41, 5.74) is 0.414. The number of hydrogen-bond acceptors (Lipinski definition) is 2. The van der Waals surface area contributed by atoms with Gasteiger partial charge in [-0.3, -0.25) is 4.98 Å². The lowest BCUT2D eigenvalue weighted by Gasteiger charge is -2.43. The van der Waals surface area contributed by atoms with Crippen molar-refractivity contribution in [1.29, 1.82) is 0 Å². The zero-order valence-electron chi connectivity index (χ0n) is 12.9. The average Bonchev–Trinajstić information content (AvgIpc) is 2.28. The third kappa shape index (κ3) is 3.68. The second kappa shape index (κ2) is 5.48. The first kappa shape index (κ1) is 15.9. The molecule has 0 aromatic carbocycles. The SMILES string of the molecule is C#CCC(C)(O[Si](C)(C)C(C)(C)C)c1ccccn1. The molecule has 0 aliphatic carbocycles.